The first-order valence-electron chi connectivity index (χ1n) is 9.38. The quantitative estimate of drug-likeness (QED) is 0.755. The zero-order valence-corrected chi connectivity index (χ0v) is 17.8. The molecule has 0 unspecified atom stereocenters. The molecule has 154 valence electrons. The minimum Gasteiger partial charge on any atom is -0.322 e. The first-order chi connectivity index (χ1) is 14.3. The fraction of sp³-hybridized carbons (Fsp3) is 0.286. The summed E-state index contributed by atoms with van der Waals surface area (Å²) in [4.78, 5) is 12.9. The van der Waals surface area contributed by atoms with Crippen LogP contribution in [0.5, 0.6) is 0 Å². The van der Waals surface area contributed by atoms with Gasteiger partial charge in [-0.2, -0.15) is 10.5 Å². The van der Waals surface area contributed by atoms with Gasteiger partial charge in [0.15, 0.2) is 0 Å². The maximum Gasteiger partial charge on any atom is 0.257 e. The van der Waals surface area contributed by atoms with E-state index >= 15 is 0 Å². The Labute approximate surface area is 180 Å². The lowest BCUT2D eigenvalue weighted by atomic mass is 10.1. The van der Waals surface area contributed by atoms with Gasteiger partial charge in [-0.3, -0.25) is 9.10 Å². The number of hydrogen-bond donors (Lipinski definition) is 1. The topological polar surface area (TPSA) is 114 Å². The minimum atomic E-state index is -3.49. The van der Waals surface area contributed by atoms with Gasteiger partial charge in [-0.1, -0.05) is 24.9 Å². The molecule has 1 heterocycles. The van der Waals surface area contributed by atoms with Gasteiger partial charge >= 0.3 is 0 Å². The molecule has 1 aliphatic rings. The first kappa shape index (κ1) is 21.6. The van der Waals surface area contributed by atoms with Crippen LogP contribution < -0.4 is 9.62 Å². The van der Waals surface area contributed by atoms with Crippen molar-refractivity contribution in [3.8, 4) is 12.1 Å². The number of benzene rings is 2. The fourth-order valence-corrected chi connectivity index (χ4v) is 5.17. The molecule has 0 aromatic heterocycles. The fourth-order valence-electron chi connectivity index (χ4n) is 3.39. The SMILES string of the molecule is CCCc1cc(C#N)cc(NC(=O)c2cc(N3CCCS3(=O)=O)cc(C#N)c2Cl)c1. The lowest BCUT2D eigenvalue weighted by Crippen LogP contribution is -2.26. The third kappa shape index (κ3) is 4.40. The molecule has 1 N–H and O–H groups in total. The number of sulfonamides is 1. The van der Waals surface area contributed by atoms with Crippen molar-refractivity contribution in [1.29, 1.82) is 10.5 Å². The highest BCUT2D eigenvalue weighted by Gasteiger charge is 2.30. The van der Waals surface area contributed by atoms with Gasteiger partial charge in [0.1, 0.15) is 6.07 Å². The van der Waals surface area contributed by atoms with Crippen LogP contribution in [0, 0.1) is 22.7 Å². The van der Waals surface area contributed by atoms with Crippen LogP contribution in [0.15, 0.2) is 30.3 Å². The average Bonchev–Trinajstić information content (AvgIpc) is 3.07. The summed E-state index contributed by atoms with van der Waals surface area (Å²) in [6, 6.07) is 11.8. The molecule has 1 fully saturated rings. The van der Waals surface area contributed by atoms with Gasteiger partial charge in [0.05, 0.1) is 39.2 Å². The molecule has 9 heteroatoms. The van der Waals surface area contributed by atoms with Crippen molar-refractivity contribution in [2.45, 2.75) is 26.2 Å². The van der Waals surface area contributed by atoms with Crippen LogP contribution in [0.1, 0.15) is 46.8 Å². The van der Waals surface area contributed by atoms with E-state index in [2.05, 4.69) is 11.4 Å². The summed E-state index contributed by atoms with van der Waals surface area (Å²) in [7, 11) is -3.49. The van der Waals surface area contributed by atoms with Gasteiger partial charge in [-0.15, -0.1) is 0 Å². The third-order valence-electron chi connectivity index (χ3n) is 4.73. The van der Waals surface area contributed by atoms with Crippen LogP contribution >= 0.6 is 11.6 Å². The van der Waals surface area contributed by atoms with E-state index in [0.717, 1.165) is 18.4 Å². The molecule has 1 amide bonds. The standard InChI is InChI=1S/C21H19ClN4O3S/c1-2-4-14-7-15(12-23)9-17(8-14)25-21(27)19-11-18(10-16(13-24)20(19)22)26-5-3-6-30(26,28)29/h7-11H,2-6H2,1H3,(H,25,27). The van der Waals surface area contributed by atoms with Crippen LogP contribution in [-0.4, -0.2) is 26.6 Å². The number of rotatable bonds is 5. The molecule has 0 radical (unpaired) electrons. The van der Waals surface area contributed by atoms with E-state index in [4.69, 9.17) is 11.6 Å². The van der Waals surface area contributed by atoms with Gasteiger partial charge in [-0.05, 0) is 48.7 Å². The summed E-state index contributed by atoms with van der Waals surface area (Å²) >= 11 is 6.26. The minimum absolute atomic E-state index is 0.00720. The summed E-state index contributed by atoms with van der Waals surface area (Å²) in [5.74, 6) is -0.576. The second kappa shape index (κ2) is 8.74. The number of nitriles is 2. The maximum absolute atomic E-state index is 12.9. The number of amides is 1. The Kier molecular flexibility index (Phi) is 6.31. The number of halogens is 1. The van der Waals surface area contributed by atoms with Crippen molar-refractivity contribution >= 4 is 38.9 Å². The van der Waals surface area contributed by atoms with E-state index < -0.39 is 15.9 Å². The van der Waals surface area contributed by atoms with E-state index in [9.17, 15) is 23.7 Å². The Hall–Kier alpha value is -3.07. The predicted octanol–water partition coefficient (Wildman–Crippen LogP) is 3.83. The number of anilines is 2. The van der Waals surface area contributed by atoms with Gasteiger partial charge < -0.3 is 5.32 Å². The molecule has 7 nitrogen and oxygen atoms in total. The van der Waals surface area contributed by atoms with E-state index in [1.54, 1.807) is 18.2 Å². The zero-order chi connectivity index (χ0) is 21.9. The van der Waals surface area contributed by atoms with Gasteiger partial charge in [0.25, 0.3) is 5.91 Å². The summed E-state index contributed by atoms with van der Waals surface area (Å²) < 4.78 is 25.7. The predicted molar refractivity (Wildman–Crippen MR) is 115 cm³/mol. The molecule has 0 spiro atoms. The van der Waals surface area contributed by atoms with E-state index in [-0.39, 0.29) is 34.1 Å². The van der Waals surface area contributed by atoms with Crippen LogP contribution in [-0.2, 0) is 16.4 Å². The van der Waals surface area contributed by atoms with Crippen LogP contribution in [0.3, 0.4) is 0 Å². The molecule has 30 heavy (non-hydrogen) atoms. The highest BCUT2D eigenvalue weighted by Crippen LogP contribution is 2.32. The molecule has 0 atom stereocenters. The molecule has 0 bridgehead atoms. The van der Waals surface area contributed by atoms with Crippen molar-refractivity contribution < 1.29 is 13.2 Å². The summed E-state index contributed by atoms with van der Waals surface area (Å²) in [6.45, 7) is 2.29. The summed E-state index contributed by atoms with van der Waals surface area (Å²) in [6.07, 6.45) is 2.10. The van der Waals surface area contributed by atoms with Gasteiger partial charge in [0, 0.05) is 12.2 Å². The molecule has 0 saturated carbocycles. The van der Waals surface area contributed by atoms with E-state index in [0.29, 0.717) is 17.7 Å². The van der Waals surface area contributed by atoms with Gasteiger partial charge in [-0.25, -0.2) is 8.42 Å². The van der Waals surface area contributed by atoms with E-state index in [1.807, 2.05) is 13.0 Å². The number of carbonyl (C=O) groups excluding carboxylic acids is 1. The lowest BCUT2D eigenvalue weighted by Gasteiger charge is -2.19. The summed E-state index contributed by atoms with van der Waals surface area (Å²) in [5.41, 5.74) is 1.99. The second-order valence-electron chi connectivity index (χ2n) is 6.94. The maximum atomic E-state index is 12.9. The van der Waals surface area contributed by atoms with Gasteiger partial charge in [0.2, 0.25) is 10.0 Å². The molecular weight excluding hydrogens is 424 g/mol. The number of aryl methyl sites for hydroxylation is 1. The highest BCUT2D eigenvalue weighted by atomic mass is 35.5. The first-order valence-corrected chi connectivity index (χ1v) is 11.4. The van der Waals surface area contributed by atoms with Crippen molar-refractivity contribution in [2.24, 2.45) is 0 Å². The molecule has 1 aliphatic heterocycles. The number of carbonyl (C=O) groups is 1. The third-order valence-corrected chi connectivity index (χ3v) is 7.00. The van der Waals surface area contributed by atoms with Crippen molar-refractivity contribution in [1.82, 2.24) is 0 Å². The van der Waals surface area contributed by atoms with Crippen LogP contribution in [0.2, 0.25) is 5.02 Å². The Bertz CT molecular complexity index is 1200. The van der Waals surface area contributed by atoms with Crippen LogP contribution in [0.4, 0.5) is 11.4 Å². The molecular formula is C21H19ClN4O3S. The Morgan fingerprint density at radius 2 is 1.97 bits per heavy atom. The number of nitrogens with zero attached hydrogens (tertiary/aromatic N) is 3. The largest absolute Gasteiger partial charge is 0.322 e. The summed E-state index contributed by atoms with van der Waals surface area (Å²) in [5, 5.41) is 21.3. The molecule has 2 aromatic rings. The molecule has 3 rings (SSSR count). The number of hydrogen-bond acceptors (Lipinski definition) is 5. The normalized spacial score (nSPS) is 14.7. The van der Waals surface area contributed by atoms with Crippen molar-refractivity contribution in [2.75, 3.05) is 21.9 Å². The smallest absolute Gasteiger partial charge is 0.257 e. The lowest BCUT2D eigenvalue weighted by molar-refractivity contribution is 0.102. The Balaban J connectivity index is 2.00. The Morgan fingerprint density at radius 1 is 1.20 bits per heavy atom. The van der Waals surface area contributed by atoms with Crippen molar-refractivity contribution in [3.63, 3.8) is 0 Å². The van der Waals surface area contributed by atoms with Crippen molar-refractivity contribution in [3.05, 3.63) is 57.6 Å². The number of nitrogens with one attached hydrogen (secondary N) is 1. The Morgan fingerprint density at radius 3 is 2.57 bits per heavy atom. The molecule has 2 aromatic carbocycles. The highest BCUT2D eigenvalue weighted by molar-refractivity contribution is 7.93. The molecule has 0 aliphatic carbocycles. The van der Waals surface area contributed by atoms with E-state index in [1.165, 1.54) is 16.4 Å². The second-order valence-corrected chi connectivity index (χ2v) is 9.33. The monoisotopic (exact) mass is 442 g/mol. The molecule has 1 saturated heterocycles. The average molecular weight is 443 g/mol. The van der Waals surface area contributed by atoms with Crippen LogP contribution in [0.25, 0.3) is 0 Å². The zero-order valence-electron chi connectivity index (χ0n) is 16.3.